The van der Waals surface area contributed by atoms with E-state index in [1.54, 1.807) is 6.92 Å². The van der Waals surface area contributed by atoms with Crippen molar-refractivity contribution in [1.82, 2.24) is 19.6 Å². The number of aliphatic carboxylic acids is 1. The minimum atomic E-state index is -4.69. The van der Waals surface area contributed by atoms with E-state index >= 15 is 0 Å². The first-order valence-electron chi connectivity index (χ1n) is 9.39. The minimum absolute atomic E-state index is 0.131. The van der Waals surface area contributed by atoms with Gasteiger partial charge in [-0.2, -0.15) is 13.2 Å². The third-order valence-electron chi connectivity index (χ3n) is 4.73. The summed E-state index contributed by atoms with van der Waals surface area (Å²) >= 11 is 6.10. The van der Waals surface area contributed by atoms with Crippen molar-refractivity contribution < 1.29 is 27.8 Å². The molecule has 0 amide bonds. The molecule has 1 atom stereocenters. The van der Waals surface area contributed by atoms with Crippen LogP contribution in [0.5, 0.6) is 5.75 Å². The number of carbonyl (C=O) groups is 1. The van der Waals surface area contributed by atoms with Crippen LogP contribution in [-0.2, 0) is 11.0 Å². The number of benzene rings is 1. The lowest BCUT2D eigenvalue weighted by Crippen LogP contribution is -2.29. The monoisotopic (exact) mass is 470 g/mol. The zero-order chi connectivity index (χ0) is 23.6. The zero-order valence-electron chi connectivity index (χ0n) is 16.9. The number of ether oxygens (including phenoxy) is 1. The molecular weight excluding hydrogens is 453 g/mol. The molecule has 12 heteroatoms. The molecule has 0 bridgehead atoms. The summed E-state index contributed by atoms with van der Waals surface area (Å²) < 4.78 is 46.3. The van der Waals surface area contributed by atoms with Crippen LogP contribution in [0.25, 0.3) is 16.8 Å². The maximum absolute atomic E-state index is 13.0. The van der Waals surface area contributed by atoms with Crippen molar-refractivity contribution in [1.29, 1.82) is 0 Å². The van der Waals surface area contributed by atoms with Crippen LogP contribution in [0.15, 0.2) is 41.5 Å². The predicted octanol–water partition coefficient (Wildman–Crippen LogP) is 4.20. The molecule has 1 aromatic carbocycles. The predicted molar refractivity (Wildman–Crippen MR) is 109 cm³/mol. The summed E-state index contributed by atoms with van der Waals surface area (Å²) in [7, 11) is 1.32. The Balaban J connectivity index is 2.21. The molecule has 32 heavy (non-hydrogen) atoms. The topological polar surface area (TPSA) is 99.2 Å². The highest BCUT2D eigenvalue weighted by molar-refractivity contribution is 6.31. The molecule has 0 aliphatic rings. The van der Waals surface area contributed by atoms with Gasteiger partial charge in [0, 0.05) is 22.2 Å². The molecule has 2 heterocycles. The highest BCUT2D eigenvalue weighted by Gasteiger charge is 2.35. The highest BCUT2D eigenvalue weighted by atomic mass is 35.5. The van der Waals surface area contributed by atoms with Gasteiger partial charge in [-0.1, -0.05) is 30.2 Å². The van der Waals surface area contributed by atoms with E-state index < -0.39 is 29.4 Å². The second kappa shape index (κ2) is 9.03. The van der Waals surface area contributed by atoms with Crippen molar-refractivity contribution >= 4 is 17.6 Å². The number of rotatable bonds is 7. The van der Waals surface area contributed by atoms with E-state index in [1.807, 2.05) is 0 Å². The van der Waals surface area contributed by atoms with Crippen molar-refractivity contribution in [2.24, 2.45) is 0 Å². The van der Waals surface area contributed by atoms with Crippen LogP contribution in [0, 0.1) is 0 Å². The second-order valence-corrected chi connectivity index (χ2v) is 7.29. The van der Waals surface area contributed by atoms with Crippen molar-refractivity contribution in [2.45, 2.75) is 32.0 Å². The third kappa shape index (κ3) is 4.62. The molecule has 0 saturated carbocycles. The Morgan fingerprint density at radius 1 is 1.25 bits per heavy atom. The van der Waals surface area contributed by atoms with Gasteiger partial charge in [-0.25, -0.2) is 9.48 Å². The number of pyridine rings is 1. The van der Waals surface area contributed by atoms with E-state index in [1.165, 1.54) is 31.5 Å². The number of nitrogens with zero attached hydrogens (tertiary/aromatic N) is 4. The number of carboxylic acids is 1. The largest absolute Gasteiger partial charge is 0.495 e. The van der Waals surface area contributed by atoms with E-state index in [2.05, 4.69) is 10.3 Å². The van der Waals surface area contributed by atoms with Gasteiger partial charge in [0.1, 0.15) is 11.8 Å². The molecule has 2 aromatic heterocycles. The molecule has 3 aromatic rings. The first kappa shape index (κ1) is 23.3. The normalized spacial score (nSPS) is 12.6. The van der Waals surface area contributed by atoms with E-state index in [0.29, 0.717) is 12.6 Å². The molecule has 170 valence electrons. The van der Waals surface area contributed by atoms with Gasteiger partial charge >= 0.3 is 12.1 Å². The molecule has 0 saturated heterocycles. The Morgan fingerprint density at radius 2 is 1.97 bits per heavy atom. The summed E-state index contributed by atoms with van der Waals surface area (Å²) in [5.41, 5.74) is -1.20. The van der Waals surface area contributed by atoms with Crippen molar-refractivity contribution in [3.05, 3.63) is 57.7 Å². The van der Waals surface area contributed by atoms with E-state index in [9.17, 15) is 27.9 Å². The molecule has 1 N–H and O–H groups in total. The number of carboxylic acid groups (broad SMARTS) is 1. The average Bonchev–Trinajstić information content (AvgIpc) is 3.22. The number of aromatic nitrogens is 4. The number of hydrogen-bond acceptors (Lipinski definition) is 5. The van der Waals surface area contributed by atoms with Crippen LogP contribution in [-0.4, -0.2) is 37.7 Å². The van der Waals surface area contributed by atoms with Crippen LogP contribution in [0.3, 0.4) is 0 Å². The summed E-state index contributed by atoms with van der Waals surface area (Å²) in [6.07, 6.45) is -1.96. The number of alkyl halides is 3. The van der Waals surface area contributed by atoms with Crippen LogP contribution in [0.2, 0.25) is 5.02 Å². The lowest BCUT2D eigenvalue weighted by Gasteiger charge is -2.19. The van der Waals surface area contributed by atoms with Gasteiger partial charge in [0.05, 0.1) is 25.2 Å². The summed E-state index contributed by atoms with van der Waals surface area (Å²) in [4.78, 5) is 24.4. The first-order valence-corrected chi connectivity index (χ1v) is 9.77. The molecule has 3 rings (SSSR count). The van der Waals surface area contributed by atoms with Gasteiger partial charge in [-0.05, 0) is 24.6 Å². The molecule has 0 radical (unpaired) electrons. The molecule has 1 unspecified atom stereocenters. The number of methoxy groups -OCH3 is 1. The van der Waals surface area contributed by atoms with Crippen LogP contribution in [0.4, 0.5) is 13.2 Å². The fraction of sp³-hybridized carbons (Fsp3) is 0.300. The quantitative estimate of drug-likeness (QED) is 0.555. The first-order chi connectivity index (χ1) is 15.1. The Labute approximate surface area is 184 Å². The molecule has 0 spiro atoms. The summed E-state index contributed by atoms with van der Waals surface area (Å²) in [5.74, 6) is -1.04. The Morgan fingerprint density at radius 3 is 2.53 bits per heavy atom. The summed E-state index contributed by atoms with van der Waals surface area (Å²) in [6.45, 7) is 1.79. The van der Waals surface area contributed by atoms with Crippen molar-refractivity contribution in [2.75, 3.05) is 7.11 Å². The van der Waals surface area contributed by atoms with E-state index in [4.69, 9.17) is 16.3 Å². The second-order valence-electron chi connectivity index (χ2n) is 6.85. The van der Waals surface area contributed by atoms with Crippen LogP contribution >= 0.6 is 11.6 Å². The molecule has 0 aliphatic carbocycles. The lowest BCUT2D eigenvalue weighted by molar-refractivity contribution is -0.142. The van der Waals surface area contributed by atoms with Gasteiger partial charge in [-0.3, -0.25) is 9.36 Å². The van der Waals surface area contributed by atoms with Crippen LogP contribution in [0.1, 0.15) is 31.5 Å². The summed E-state index contributed by atoms with van der Waals surface area (Å²) in [5, 5.41) is 16.4. The Hall–Kier alpha value is -3.34. The van der Waals surface area contributed by atoms with Crippen molar-refractivity contribution in [3.63, 3.8) is 0 Å². The summed E-state index contributed by atoms with van der Waals surface area (Å²) in [6, 6.07) is 4.37. The lowest BCUT2D eigenvalue weighted by atomic mass is 10.0. The van der Waals surface area contributed by atoms with Gasteiger partial charge in [0.25, 0.3) is 5.56 Å². The average molecular weight is 471 g/mol. The Kier molecular flexibility index (Phi) is 6.58. The molecular formula is C20H18ClF3N4O4. The third-order valence-corrected chi connectivity index (χ3v) is 4.96. The fourth-order valence-electron chi connectivity index (χ4n) is 3.24. The maximum atomic E-state index is 13.0. The van der Waals surface area contributed by atoms with Gasteiger partial charge in [-0.15, -0.1) is 5.10 Å². The van der Waals surface area contributed by atoms with Crippen molar-refractivity contribution in [3.8, 4) is 22.6 Å². The van der Waals surface area contributed by atoms with E-state index in [-0.39, 0.29) is 34.0 Å². The van der Waals surface area contributed by atoms with Gasteiger partial charge in [0.15, 0.2) is 5.69 Å². The Bertz CT molecular complexity index is 1210. The maximum Gasteiger partial charge on any atom is 0.436 e. The van der Waals surface area contributed by atoms with Gasteiger partial charge in [0.2, 0.25) is 0 Å². The molecule has 0 aliphatic heterocycles. The molecule has 0 fully saturated rings. The zero-order valence-corrected chi connectivity index (χ0v) is 17.7. The van der Waals surface area contributed by atoms with Crippen LogP contribution < -0.4 is 10.3 Å². The number of hydrogen-bond donors (Lipinski definition) is 1. The number of halogens is 4. The van der Waals surface area contributed by atoms with Gasteiger partial charge < -0.3 is 9.84 Å². The standard InChI is InChI=1S/C20H18ClF3N4O4/c1-3-4-15(19(30)31)27-9-16(32-2)13(8-18(27)29)12-7-11(21)5-6-14(12)28-10-17(25-26-28)20(22,23)24/h5-10,15H,3-4H2,1-2H3,(H,30,31). The molecule has 8 nitrogen and oxygen atoms in total. The SMILES string of the molecule is CCCC(C(=O)O)n1cc(OC)c(-c2cc(Cl)ccc2-n2cc(C(F)(F)F)nn2)cc1=O. The fourth-order valence-corrected chi connectivity index (χ4v) is 3.41. The highest BCUT2D eigenvalue weighted by Crippen LogP contribution is 2.36. The smallest absolute Gasteiger partial charge is 0.436 e. The van der Waals surface area contributed by atoms with E-state index in [0.717, 1.165) is 15.3 Å². The minimum Gasteiger partial charge on any atom is -0.495 e.